The van der Waals surface area contributed by atoms with Crippen molar-refractivity contribution in [3.63, 3.8) is 0 Å². The number of nitrogen functional groups attached to an aromatic ring is 1. The van der Waals surface area contributed by atoms with Gasteiger partial charge in [0.15, 0.2) is 0 Å². The second-order valence-electron chi connectivity index (χ2n) is 6.46. The fourth-order valence-electron chi connectivity index (χ4n) is 3.66. The SMILES string of the molecule is Cc1cc(C)c(C(=O)N2CCCN3CCCC3C2)cc1N. The summed E-state index contributed by atoms with van der Waals surface area (Å²) >= 11 is 0. The lowest BCUT2D eigenvalue weighted by molar-refractivity contribution is 0.0743. The van der Waals surface area contributed by atoms with E-state index in [0.717, 1.165) is 42.7 Å². The molecule has 21 heavy (non-hydrogen) atoms. The van der Waals surface area contributed by atoms with Crippen molar-refractivity contribution < 1.29 is 4.79 Å². The molecule has 4 nitrogen and oxygen atoms in total. The van der Waals surface area contributed by atoms with Crippen LogP contribution in [0, 0.1) is 13.8 Å². The van der Waals surface area contributed by atoms with E-state index in [2.05, 4.69) is 4.90 Å². The van der Waals surface area contributed by atoms with E-state index in [1.807, 2.05) is 30.9 Å². The maximum atomic E-state index is 12.9. The molecule has 2 N–H and O–H groups in total. The Morgan fingerprint density at radius 3 is 2.71 bits per heavy atom. The van der Waals surface area contributed by atoms with Crippen LogP contribution in [-0.2, 0) is 0 Å². The number of hydrogen-bond donors (Lipinski definition) is 1. The molecular weight excluding hydrogens is 262 g/mol. The van der Waals surface area contributed by atoms with Crippen LogP contribution in [0.25, 0.3) is 0 Å². The number of carbonyl (C=O) groups is 1. The molecule has 0 spiro atoms. The van der Waals surface area contributed by atoms with E-state index < -0.39 is 0 Å². The molecule has 0 bridgehead atoms. The molecule has 1 aromatic carbocycles. The van der Waals surface area contributed by atoms with Crippen LogP contribution >= 0.6 is 0 Å². The summed E-state index contributed by atoms with van der Waals surface area (Å²) in [6.07, 6.45) is 3.56. The van der Waals surface area contributed by atoms with Crippen molar-refractivity contribution >= 4 is 11.6 Å². The second-order valence-corrected chi connectivity index (χ2v) is 6.46. The van der Waals surface area contributed by atoms with E-state index in [0.29, 0.717) is 11.7 Å². The largest absolute Gasteiger partial charge is 0.398 e. The number of benzene rings is 1. The van der Waals surface area contributed by atoms with Gasteiger partial charge in [0.1, 0.15) is 0 Å². The predicted octanol–water partition coefficient (Wildman–Crippen LogP) is 2.20. The quantitative estimate of drug-likeness (QED) is 0.806. The lowest BCUT2D eigenvalue weighted by atomic mass is 10.0. The normalized spacial score (nSPS) is 23.0. The number of nitrogens with zero attached hydrogens (tertiary/aromatic N) is 2. The molecule has 1 aromatic rings. The van der Waals surface area contributed by atoms with Gasteiger partial charge in [-0.2, -0.15) is 0 Å². The third-order valence-corrected chi connectivity index (χ3v) is 4.93. The van der Waals surface area contributed by atoms with E-state index in [1.54, 1.807) is 0 Å². The Kier molecular flexibility index (Phi) is 3.89. The zero-order chi connectivity index (χ0) is 15.0. The standard InChI is InChI=1S/C17H25N3O/c1-12-9-13(2)16(18)10-15(12)17(21)20-8-4-7-19-6-3-5-14(19)11-20/h9-10,14H,3-8,11,18H2,1-2H3. The molecule has 1 atom stereocenters. The highest BCUT2D eigenvalue weighted by Gasteiger charge is 2.31. The molecule has 0 radical (unpaired) electrons. The summed E-state index contributed by atoms with van der Waals surface area (Å²) in [6.45, 7) is 8.04. The first-order chi connectivity index (χ1) is 10.1. The van der Waals surface area contributed by atoms with E-state index in [9.17, 15) is 4.79 Å². The number of hydrogen-bond acceptors (Lipinski definition) is 3. The molecule has 0 aliphatic carbocycles. The van der Waals surface area contributed by atoms with Gasteiger partial charge in [-0.1, -0.05) is 6.07 Å². The molecule has 3 rings (SSSR count). The second kappa shape index (κ2) is 5.68. The average molecular weight is 287 g/mol. The number of carbonyl (C=O) groups excluding carboxylic acids is 1. The smallest absolute Gasteiger partial charge is 0.254 e. The van der Waals surface area contributed by atoms with Crippen LogP contribution in [0.15, 0.2) is 12.1 Å². The van der Waals surface area contributed by atoms with Gasteiger partial charge >= 0.3 is 0 Å². The minimum atomic E-state index is 0.146. The summed E-state index contributed by atoms with van der Waals surface area (Å²) < 4.78 is 0. The number of anilines is 1. The Bertz CT molecular complexity index is 555. The van der Waals surface area contributed by atoms with Crippen LogP contribution < -0.4 is 5.73 Å². The van der Waals surface area contributed by atoms with Gasteiger partial charge in [0.05, 0.1) is 0 Å². The van der Waals surface area contributed by atoms with Crippen LogP contribution in [-0.4, -0.2) is 47.9 Å². The van der Waals surface area contributed by atoms with Crippen LogP contribution in [0.4, 0.5) is 5.69 Å². The summed E-state index contributed by atoms with van der Waals surface area (Å²) in [5.41, 5.74) is 9.54. The molecule has 2 fully saturated rings. The number of rotatable bonds is 1. The van der Waals surface area contributed by atoms with Crippen molar-refractivity contribution in [1.82, 2.24) is 9.80 Å². The third-order valence-electron chi connectivity index (χ3n) is 4.93. The highest BCUT2D eigenvalue weighted by Crippen LogP contribution is 2.24. The number of fused-ring (bicyclic) bond motifs is 1. The maximum Gasteiger partial charge on any atom is 0.254 e. The molecule has 1 unspecified atom stereocenters. The van der Waals surface area contributed by atoms with Gasteiger partial charge in [-0.15, -0.1) is 0 Å². The molecule has 0 aromatic heterocycles. The van der Waals surface area contributed by atoms with Crippen molar-refractivity contribution in [2.75, 3.05) is 31.9 Å². The van der Waals surface area contributed by atoms with Gasteiger partial charge in [-0.3, -0.25) is 9.69 Å². The molecule has 2 heterocycles. The predicted molar refractivity (Wildman–Crippen MR) is 85.4 cm³/mol. The highest BCUT2D eigenvalue weighted by atomic mass is 16.2. The summed E-state index contributed by atoms with van der Waals surface area (Å²) in [4.78, 5) is 17.5. The van der Waals surface area contributed by atoms with Gasteiger partial charge < -0.3 is 10.6 Å². The van der Waals surface area contributed by atoms with Crippen molar-refractivity contribution in [1.29, 1.82) is 0 Å². The summed E-state index contributed by atoms with van der Waals surface area (Å²) in [7, 11) is 0. The molecule has 2 saturated heterocycles. The Morgan fingerprint density at radius 1 is 1.14 bits per heavy atom. The first-order valence-electron chi connectivity index (χ1n) is 7.96. The molecule has 2 aliphatic rings. The van der Waals surface area contributed by atoms with Gasteiger partial charge in [-0.05, 0) is 56.8 Å². The lowest BCUT2D eigenvalue weighted by Crippen LogP contribution is -2.39. The molecule has 4 heteroatoms. The lowest BCUT2D eigenvalue weighted by Gasteiger charge is -2.26. The van der Waals surface area contributed by atoms with Crippen molar-refractivity contribution in [3.8, 4) is 0 Å². The van der Waals surface area contributed by atoms with Gasteiger partial charge in [0.2, 0.25) is 0 Å². The maximum absolute atomic E-state index is 12.9. The van der Waals surface area contributed by atoms with Crippen molar-refractivity contribution in [3.05, 3.63) is 28.8 Å². The average Bonchev–Trinajstić information content (AvgIpc) is 2.79. The third kappa shape index (κ3) is 2.77. The molecule has 114 valence electrons. The summed E-state index contributed by atoms with van der Waals surface area (Å²) in [5.74, 6) is 0.146. The Morgan fingerprint density at radius 2 is 1.90 bits per heavy atom. The zero-order valence-electron chi connectivity index (χ0n) is 13.1. The van der Waals surface area contributed by atoms with Crippen LogP contribution in [0.5, 0.6) is 0 Å². The zero-order valence-corrected chi connectivity index (χ0v) is 13.1. The molecule has 0 saturated carbocycles. The number of amides is 1. The topological polar surface area (TPSA) is 49.6 Å². The molecular formula is C17H25N3O. The number of nitrogens with two attached hydrogens (primary N) is 1. The van der Waals surface area contributed by atoms with Crippen LogP contribution in [0.3, 0.4) is 0 Å². The first kappa shape index (κ1) is 14.4. The van der Waals surface area contributed by atoms with Crippen molar-refractivity contribution in [2.45, 2.75) is 39.2 Å². The molecule has 2 aliphatic heterocycles. The Hall–Kier alpha value is -1.55. The summed E-state index contributed by atoms with van der Waals surface area (Å²) in [6, 6.07) is 4.42. The van der Waals surface area contributed by atoms with Crippen LogP contribution in [0.1, 0.15) is 40.7 Å². The van der Waals surface area contributed by atoms with Gasteiger partial charge in [0, 0.05) is 36.9 Å². The highest BCUT2D eigenvalue weighted by molar-refractivity contribution is 5.96. The van der Waals surface area contributed by atoms with Gasteiger partial charge in [-0.25, -0.2) is 0 Å². The summed E-state index contributed by atoms with van der Waals surface area (Å²) in [5, 5.41) is 0. The van der Waals surface area contributed by atoms with Gasteiger partial charge in [0.25, 0.3) is 5.91 Å². The van der Waals surface area contributed by atoms with E-state index in [4.69, 9.17) is 5.73 Å². The minimum absolute atomic E-state index is 0.146. The fraction of sp³-hybridized carbons (Fsp3) is 0.588. The van der Waals surface area contributed by atoms with Crippen molar-refractivity contribution in [2.24, 2.45) is 0 Å². The fourth-order valence-corrected chi connectivity index (χ4v) is 3.66. The van der Waals surface area contributed by atoms with Crippen LogP contribution in [0.2, 0.25) is 0 Å². The molecule has 1 amide bonds. The minimum Gasteiger partial charge on any atom is -0.398 e. The Balaban J connectivity index is 1.82. The first-order valence-corrected chi connectivity index (χ1v) is 7.96. The van der Waals surface area contributed by atoms with E-state index in [1.165, 1.54) is 19.4 Å². The Labute approximate surface area is 126 Å². The van der Waals surface area contributed by atoms with E-state index >= 15 is 0 Å². The van der Waals surface area contributed by atoms with E-state index in [-0.39, 0.29) is 5.91 Å². The number of aryl methyl sites for hydroxylation is 2. The monoisotopic (exact) mass is 287 g/mol.